The Morgan fingerprint density at radius 2 is 2.14 bits per heavy atom. The molecule has 1 aromatic rings. The van der Waals surface area contributed by atoms with E-state index in [-0.39, 0.29) is 0 Å². The summed E-state index contributed by atoms with van der Waals surface area (Å²) >= 11 is 1.92. The molecule has 0 bridgehead atoms. The minimum Gasteiger partial charge on any atom is -0.711 e. The first-order valence-electron chi connectivity index (χ1n) is 4.59. The van der Waals surface area contributed by atoms with Gasteiger partial charge in [-0.2, -0.15) is 11.8 Å². The summed E-state index contributed by atoms with van der Waals surface area (Å²) in [5.41, 5.74) is 6.29. The number of hydrogen-bond acceptors (Lipinski definition) is 4. The van der Waals surface area contributed by atoms with Gasteiger partial charge in [0.2, 0.25) is 0 Å². The topological polar surface area (TPSA) is 56.2 Å². The number of aromatic nitrogens is 1. The maximum atomic E-state index is 11.5. The number of nitrogen functional groups attached to an aromatic ring is 1. The highest BCUT2D eigenvalue weighted by Crippen LogP contribution is 2.17. The average molecular weight is 211 g/mol. The third kappa shape index (κ3) is 1.87. The first-order valence-corrected chi connectivity index (χ1v) is 5.74. The van der Waals surface area contributed by atoms with Crippen molar-refractivity contribution in [3.8, 4) is 0 Å². The minimum absolute atomic E-state index is 0.644. The Kier molecular flexibility index (Phi) is 2.67. The quantitative estimate of drug-likeness (QED) is 0.541. The van der Waals surface area contributed by atoms with Gasteiger partial charge in [-0.1, -0.05) is 0 Å². The molecule has 1 aliphatic heterocycles. The summed E-state index contributed by atoms with van der Waals surface area (Å²) in [5.74, 6) is 2.83. The molecule has 1 saturated heterocycles. The second-order valence-electron chi connectivity index (χ2n) is 3.24. The molecule has 0 unspecified atom stereocenters. The van der Waals surface area contributed by atoms with Gasteiger partial charge in [-0.15, -0.1) is 0 Å². The molecule has 2 rings (SSSR count). The largest absolute Gasteiger partial charge is 0.711 e. The van der Waals surface area contributed by atoms with Crippen LogP contribution in [0.5, 0.6) is 0 Å². The summed E-state index contributed by atoms with van der Waals surface area (Å²) in [4.78, 5) is 2.08. The minimum atomic E-state index is 0.644. The van der Waals surface area contributed by atoms with Crippen LogP contribution in [0.15, 0.2) is 18.3 Å². The van der Waals surface area contributed by atoms with Gasteiger partial charge in [-0.25, -0.2) is 4.73 Å². The highest BCUT2D eigenvalue weighted by Gasteiger charge is 2.19. The Balaban J connectivity index is 2.24. The third-order valence-electron chi connectivity index (χ3n) is 2.26. The van der Waals surface area contributed by atoms with Gasteiger partial charge >= 0.3 is 0 Å². The van der Waals surface area contributed by atoms with Crippen LogP contribution in [0.3, 0.4) is 0 Å². The maximum Gasteiger partial charge on any atom is 0.281 e. The summed E-state index contributed by atoms with van der Waals surface area (Å²) in [5, 5.41) is 11.5. The summed E-state index contributed by atoms with van der Waals surface area (Å²) < 4.78 is 0.881. The molecule has 0 aromatic carbocycles. The van der Waals surface area contributed by atoms with Crippen LogP contribution in [-0.2, 0) is 0 Å². The van der Waals surface area contributed by atoms with Crippen molar-refractivity contribution in [3.63, 3.8) is 0 Å². The second-order valence-corrected chi connectivity index (χ2v) is 4.47. The molecule has 2 heterocycles. The monoisotopic (exact) mass is 211 g/mol. The van der Waals surface area contributed by atoms with Gasteiger partial charge in [0.15, 0.2) is 0 Å². The van der Waals surface area contributed by atoms with Crippen LogP contribution in [0.4, 0.5) is 11.5 Å². The zero-order valence-electron chi connectivity index (χ0n) is 7.85. The number of nitrogens with two attached hydrogens (primary N) is 1. The summed E-state index contributed by atoms with van der Waals surface area (Å²) in [6.07, 6.45) is 1.46. The Bertz CT molecular complexity index is 326. The number of anilines is 2. The summed E-state index contributed by atoms with van der Waals surface area (Å²) in [6, 6.07) is 3.36. The van der Waals surface area contributed by atoms with Gasteiger partial charge in [0.05, 0.1) is 25.4 Å². The van der Waals surface area contributed by atoms with Gasteiger partial charge < -0.3 is 10.9 Å². The zero-order valence-corrected chi connectivity index (χ0v) is 8.67. The fourth-order valence-electron chi connectivity index (χ4n) is 1.51. The molecule has 0 aliphatic carbocycles. The number of thioether (sulfide) groups is 1. The molecule has 5 heteroatoms. The van der Waals surface area contributed by atoms with Gasteiger partial charge in [0, 0.05) is 23.3 Å². The standard InChI is InChI=1S/C9H13N3OS/c10-8-1-2-12(13)9(7-8)11-3-5-14-6-4-11/h1-2,7H,3-6,10H2. The Hall–Kier alpha value is -1.10. The molecule has 1 aromatic heterocycles. The molecule has 0 saturated carbocycles. The number of pyridine rings is 1. The third-order valence-corrected chi connectivity index (χ3v) is 3.20. The van der Waals surface area contributed by atoms with Crippen molar-refractivity contribution < 1.29 is 4.73 Å². The first-order chi connectivity index (χ1) is 6.77. The maximum absolute atomic E-state index is 11.5. The number of hydrogen-bond donors (Lipinski definition) is 1. The zero-order chi connectivity index (χ0) is 9.97. The molecular weight excluding hydrogens is 198 g/mol. The Labute approximate surface area is 87.3 Å². The van der Waals surface area contributed by atoms with Crippen LogP contribution in [-0.4, -0.2) is 24.6 Å². The van der Waals surface area contributed by atoms with Crippen LogP contribution >= 0.6 is 11.8 Å². The highest BCUT2D eigenvalue weighted by atomic mass is 32.2. The molecule has 1 fully saturated rings. The fraction of sp³-hybridized carbons (Fsp3) is 0.444. The predicted octanol–water partition coefficient (Wildman–Crippen LogP) is 0.455. The van der Waals surface area contributed by atoms with Crippen molar-refractivity contribution >= 4 is 23.3 Å². The molecular formula is C9H13N3OS. The number of rotatable bonds is 1. The second kappa shape index (κ2) is 3.96. The lowest BCUT2D eigenvalue weighted by molar-refractivity contribution is -0.592. The van der Waals surface area contributed by atoms with Crippen molar-refractivity contribution in [2.24, 2.45) is 0 Å². The Morgan fingerprint density at radius 1 is 1.43 bits per heavy atom. The normalized spacial score (nSPS) is 17.0. The molecule has 2 N–H and O–H groups in total. The number of nitrogens with zero attached hydrogens (tertiary/aromatic N) is 2. The van der Waals surface area contributed by atoms with E-state index in [0.717, 1.165) is 29.3 Å². The lowest BCUT2D eigenvalue weighted by Gasteiger charge is -2.23. The average Bonchev–Trinajstić information content (AvgIpc) is 2.23. The van der Waals surface area contributed by atoms with Crippen molar-refractivity contribution in [3.05, 3.63) is 23.5 Å². The van der Waals surface area contributed by atoms with E-state index in [0.29, 0.717) is 11.5 Å². The molecule has 0 atom stereocenters. The molecule has 0 amide bonds. The van der Waals surface area contributed by atoms with Crippen molar-refractivity contribution in [1.29, 1.82) is 0 Å². The van der Waals surface area contributed by atoms with E-state index in [2.05, 4.69) is 4.90 Å². The SMILES string of the molecule is Nc1cc[n+]([O-])c(N2CCSCC2)c1. The molecule has 0 spiro atoms. The summed E-state index contributed by atoms with van der Waals surface area (Å²) in [7, 11) is 0. The molecule has 76 valence electrons. The molecule has 14 heavy (non-hydrogen) atoms. The van der Waals surface area contributed by atoms with Crippen LogP contribution in [0.25, 0.3) is 0 Å². The van der Waals surface area contributed by atoms with E-state index in [9.17, 15) is 5.21 Å². The lowest BCUT2D eigenvalue weighted by Crippen LogP contribution is -2.42. The fourth-order valence-corrected chi connectivity index (χ4v) is 2.42. The van der Waals surface area contributed by atoms with Crippen molar-refractivity contribution in [2.45, 2.75) is 0 Å². The van der Waals surface area contributed by atoms with E-state index >= 15 is 0 Å². The van der Waals surface area contributed by atoms with Crippen LogP contribution in [0.1, 0.15) is 0 Å². The molecule has 4 nitrogen and oxygen atoms in total. The van der Waals surface area contributed by atoms with E-state index < -0.39 is 0 Å². The van der Waals surface area contributed by atoms with Crippen molar-refractivity contribution in [2.75, 3.05) is 35.2 Å². The van der Waals surface area contributed by atoms with Gasteiger partial charge in [0.1, 0.15) is 0 Å². The van der Waals surface area contributed by atoms with E-state index in [4.69, 9.17) is 5.73 Å². The molecule has 1 aliphatic rings. The van der Waals surface area contributed by atoms with E-state index in [1.54, 1.807) is 12.1 Å². The van der Waals surface area contributed by atoms with E-state index in [1.165, 1.54) is 6.20 Å². The van der Waals surface area contributed by atoms with Gasteiger partial charge in [-0.3, -0.25) is 4.90 Å². The predicted molar refractivity (Wildman–Crippen MR) is 59.4 cm³/mol. The van der Waals surface area contributed by atoms with Gasteiger partial charge in [0.25, 0.3) is 5.82 Å². The van der Waals surface area contributed by atoms with E-state index in [1.807, 2.05) is 11.8 Å². The summed E-state index contributed by atoms with van der Waals surface area (Å²) in [6.45, 7) is 1.85. The smallest absolute Gasteiger partial charge is 0.281 e. The Morgan fingerprint density at radius 3 is 2.86 bits per heavy atom. The van der Waals surface area contributed by atoms with Crippen LogP contribution in [0.2, 0.25) is 0 Å². The van der Waals surface area contributed by atoms with Crippen LogP contribution in [0, 0.1) is 5.21 Å². The van der Waals surface area contributed by atoms with Crippen LogP contribution < -0.4 is 15.4 Å². The van der Waals surface area contributed by atoms with Crippen molar-refractivity contribution in [1.82, 2.24) is 0 Å². The lowest BCUT2D eigenvalue weighted by atomic mass is 10.3. The first kappa shape index (κ1) is 9.45. The van der Waals surface area contributed by atoms with Gasteiger partial charge in [-0.05, 0) is 0 Å². The highest BCUT2D eigenvalue weighted by molar-refractivity contribution is 7.99. The molecule has 0 radical (unpaired) electrons.